The van der Waals surface area contributed by atoms with Gasteiger partial charge in [0.15, 0.2) is 23.0 Å². The molecule has 0 aliphatic carbocycles. The number of rotatable bonds is 57. The lowest BCUT2D eigenvalue weighted by molar-refractivity contribution is 0.0685. The van der Waals surface area contributed by atoms with E-state index >= 15 is 0 Å². The minimum atomic E-state index is -4.01. The van der Waals surface area contributed by atoms with Crippen LogP contribution in [0.25, 0.3) is 0 Å². The number of para-hydroxylation sites is 4. The minimum Gasteiger partial charge on any atom is -0.478 e. The molecular formula is C101H146N8O20S4. The molecule has 0 heterocycles. The molecule has 0 saturated carbocycles. The molecule has 8 aromatic carbocycles. The van der Waals surface area contributed by atoms with Crippen LogP contribution in [0.4, 0.5) is 22.7 Å². The van der Waals surface area contributed by atoms with Gasteiger partial charge in [0.1, 0.15) is 42.6 Å². The van der Waals surface area contributed by atoms with E-state index < -0.39 is 64.0 Å². The first-order valence-corrected chi connectivity index (χ1v) is 52.9. The number of hydrogen-bond acceptors (Lipinski definition) is 20. The number of anilines is 4. The molecule has 32 heteroatoms. The van der Waals surface area contributed by atoms with Gasteiger partial charge in [-0.25, -0.2) is 61.5 Å². The van der Waals surface area contributed by atoms with Crippen molar-refractivity contribution in [3.05, 3.63) is 192 Å². The Morgan fingerprint density at radius 2 is 0.451 bits per heavy atom. The maximum absolute atomic E-state index is 13.9. The van der Waals surface area contributed by atoms with Crippen molar-refractivity contribution in [3.63, 3.8) is 0 Å². The fraction of sp³-hybridized carbons (Fsp3) is 0.485. The first-order chi connectivity index (χ1) is 63.6. The molecule has 8 aromatic rings. The zero-order valence-electron chi connectivity index (χ0n) is 81.0. The van der Waals surface area contributed by atoms with Gasteiger partial charge in [-0.1, -0.05) is 221 Å². The van der Waals surface area contributed by atoms with E-state index in [0.717, 1.165) is 103 Å². The van der Waals surface area contributed by atoms with E-state index in [1.165, 1.54) is 73.8 Å². The van der Waals surface area contributed by atoms with Gasteiger partial charge in [0.2, 0.25) is 40.1 Å². The standard InChI is InChI=1S/C27H40N2O5S.2C25H36N2O5S.C24H34N2O5S/c1-5-9-18-28(19-10-6-2)24-20-22(27(30)31)21-25(26(24)34-23-14-12-11-13-15-23)35(32,33)29(16-7-3)17-8-4;1-5-8-16-27(17-9-6-2)22-18-20(25(28)29)19-23(33(30,31)26(4)15-7-3)24(22)32-21-13-11-10-12-14-21;1-5-9-16-26(17-10-6-2)22-18-20(25(28)29)19-23(33(30,31)27(7-3)8-4)24(22)32-21-14-12-11-13-15-21;1-5-8-15-26(16-9-6-2)21-17-19(24(27)28)18-22(32(29,30)25(4)7-3)23(21)31-20-13-11-10-12-14-20/h11-15,20-21H,5-10,16-19H2,1-4H3,(H,30,31);10-14,18-19H,5-9,15-17H2,1-4H3,(H,28,29);11-15,18-19H,5-10,16-17H2,1-4H3,(H,28,29);10-14,17-18H,5-9,15-16H2,1-4H3,(H,27,28). The highest BCUT2D eigenvalue weighted by molar-refractivity contribution is 7.90. The van der Waals surface area contributed by atoms with Crippen LogP contribution in [0.3, 0.4) is 0 Å². The fourth-order valence-corrected chi connectivity index (χ4v) is 20.4. The number of unbranched alkanes of at least 4 members (excludes halogenated alkanes) is 8. The second kappa shape index (κ2) is 58.1. The molecule has 0 fully saturated rings. The summed E-state index contributed by atoms with van der Waals surface area (Å²) in [5, 5.41) is 39.2. The average molecular weight is 1920 g/mol. The Labute approximate surface area is 793 Å². The third-order valence-corrected chi connectivity index (χ3v) is 29.6. The Balaban J connectivity index is 0.000000314. The molecule has 133 heavy (non-hydrogen) atoms. The smallest absolute Gasteiger partial charge is 0.335 e. The number of ether oxygens (including phenoxy) is 4. The van der Waals surface area contributed by atoms with Crippen LogP contribution in [0.5, 0.6) is 46.0 Å². The van der Waals surface area contributed by atoms with Crippen molar-refractivity contribution < 1.29 is 92.2 Å². The lowest BCUT2D eigenvalue weighted by atomic mass is 10.1. The summed E-state index contributed by atoms with van der Waals surface area (Å²) in [4.78, 5) is 55.7. The maximum Gasteiger partial charge on any atom is 0.335 e. The molecule has 4 N–H and O–H groups in total. The SMILES string of the molecule is CCCCN(CCCC)c1cc(C(=O)O)cc(S(=O)(=O)N(C)CC)c1Oc1ccccc1.CCCCN(CCCC)c1cc(C(=O)O)cc(S(=O)(=O)N(C)CCC)c1Oc1ccccc1.CCCCN(CCCC)c1cc(C(=O)O)cc(S(=O)(=O)N(CC)CC)c1Oc1ccccc1.CCCCN(CCCC)c1cc(C(=O)O)cc(S(=O)(=O)N(CCC)CCC)c1Oc1ccccc1. The third kappa shape index (κ3) is 33.3. The van der Waals surface area contributed by atoms with Gasteiger partial charge in [-0.2, -0.15) is 8.61 Å². The number of benzene rings is 8. The summed E-state index contributed by atoms with van der Waals surface area (Å²) in [6.45, 7) is 34.9. The van der Waals surface area contributed by atoms with Gasteiger partial charge < -0.3 is 59.0 Å². The molecule has 0 radical (unpaired) electrons. The Morgan fingerprint density at radius 1 is 0.248 bits per heavy atom. The highest BCUT2D eigenvalue weighted by atomic mass is 32.2. The Bertz CT molecular complexity index is 5330. The molecule has 0 spiro atoms. The van der Waals surface area contributed by atoms with Crippen molar-refractivity contribution in [3.8, 4) is 46.0 Å². The van der Waals surface area contributed by atoms with Crippen LogP contribution < -0.4 is 38.5 Å². The quantitative estimate of drug-likeness (QED) is 0.0275. The van der Waals surface area contributed by atoms with Gasteiger partial charge in [0, 0.05) is 106 Å². The van der Waals surface area contributed by atoms with Gasteiger partial charge in [0.05, 0.1) is 45.0 Å². The average Bonchev–Trinajstić information content (AvgIpc) is 0.770. The fourth-order valence-electron chi connectivity index (χ4n) is 14.2. The second-order valence-corrected chi connectivity index (χ2v) is 40.0. The van der Waals surface area contributed by atoms with E-state index in [0.29, 0.717) is 137 Å². The first-order valence-electron chi connectivity index (χ1n) is 47.1. The number of aromatic carboxylic acids is 4. The number of nitrogens with zero attached hydrogens (tertiary/aromatic N) is 8. The summed E-state index contributed by atoms with van der Waals surface area (Å²) in [6, 6.07) is 47.0. The molecule has 0 aromatic heterocycles. The predicted molar refractivity (Wildman–Crippen MR) is 533 cm³/mol. The van der Waals surface area contributed by atoms with Crippen LogP contribution in [-0.4, -0.2) is 201 Å². The highest BCUT2D eigenvalue weighted by Gasteiger charge is 2.37. The molecule has 0 bridgehead atoms. The van der Waals surface area contributed by atoms with E-state index in [2.05, 4.69) is 70.1 Å². The van der Waals surface area contributed by atoms with Gasteiger partial charge in [-0.05, 0) is 168 Å². The summed E-state index contributed by atoms with van der Waals surface area (Å²) in [7, 11) is -13.0. The lowest BCUT2D eigenvalue weighted by Gasteiger charge is -2.30. The van der Waals surface area contributed by atoms with Crippen molar-refractivity contribution in [1.82, 2.24) is 17.2 Å². The number of sulfonamides is 4. The molecule has 0 atom stereocenters. The molecular weight excluding hydrogens is 1770 g/mol. The molecule has 0 amide bonds. The summed E-state index contributed by atoms with van der Waals surface area (Å²) < 4.78 is 139. The molecule has 8 rings (SSSR count). The van der Waals surface area contributed by atoms with Crippen LogP contribution in [0, 0.1) is 0 Å². The van der Waals surface area contributed by atoms with E-state index in [-0.39, 0.29) is 84.5 Å². The summed E-state index contributed by atoms with van der Waals surface area (Å²) in [5.74, 6) is -2.06. The van der Waals surface area contributed by atoms with E-state index in [9.17, 15) is 73.3 Å². The molecule has 0 saturated heterocycles. The Kier molecular flexibility index (Phi) is 49.4. The number of carbonyl (C=O) groups is 4. The number of carboxylic acid groups (broad SMARTS) is 4. The summed E-state index contributed by atoms with van der Waals surface area (Å²) in [6.07, 6.45) is 16.8. The molecule has 28 nitrogen and oxygen atoms in total. The van der Waals surface area contributed by atoms with E-state index in [1.807, 2.05) is 86.3 Å². The molecule has 734 valence electrons. The van der Waals surface area contributed by atoms with Crippen molar-refractivity contribution in [2.24, 2.45) is 0 Å². The van der Waals surface area contributed by atoms with Crippen molar-refractivity contribution >= 4 is 86.7 Å². The minimum absolute atomic E-state index is 0.0649. The number of hydrogen-bond donors (Lipinski definition) is 4. The molecule has 0 aliphatic rings. The van der Waals surface area contributed by atoms with Crippen LogP contribution in [0.2, 0.25) is 0 Å². The van der Waals surface area contributed by atoms with Crippen molar-refractivity contribution in [2.45, 2.75) is 239 Å². The Morgan fingerprint density at radius 3 is 0.639 bits per heavy atom. The normalized spacial score (nSPS) is 11.5. The highest BCUT2D eigenvalue weighted by Crippen LogP contribution is 2.47. The molecule has 0 aliphatic heterocycles. The Hall–Kier alpha value is -10.3. The largest absolute Gasteiger partial charge is 0.478 e. The van der Waals surface area contributed by atoms with Crippen LogP contribution in [0.15, 0.2) is 189 Å². The monoisotopic (exact) mass is 1920 g/mol. The summed E-state index contributed by atoms with van der Waals surface area (Å²) >= 11 is 0. The maximum atomic E-state index is 13.9. The van der Waals surface area contributed by atoms with Crippen LogP contribution >= 0.6 is 0 Å². The van der Waals surface area contributed by atoms with E-state index in [1.54, 1.807) is 87.5 Å². The van der Waals surface area contributed by atoms with Gasteiger partial charge in [0.25, 0.3) is 0 Å². The predicted octanol–water partition coefficient (Wildman–Crippen LogP) is 22.8. The van der Waals surface area contributed by atoms with Gasteiger partial charge in [-0.3, -0.25) is 0 Å². The van der Waals surface area contributed by atoms with Gasteiger partial charge in [-0.15, -0.1) is 0 Å². The van der Waals surface area contributed by atoms with Crippen molar-refractivity contribution in [2.75, 3.05) is 125 Å². The topological polar surface area (TPSA) is 349 Å². The molecule has 0 unspecified atom stereocenters. The lowest BCUT2D eigenvalue weighted by Crippen LogP contribution is -2.33. The number of carboxylic acids is 4. The zero-order valence-corrected chi connectivity index (χ0v) is 84.3. The van der Waals surface area contributed by atoms with Gasteiger partial charge >= 0.3 is 23.9 Å². The van der Waals surface area contributed by atoms with Crippen LogP contribution in [0.1, 0.15) is 260 Å². The third-order valence-electron chi connectivity index (χ3n) is 21.8. The first kappa shape index (κ1) is 113. The zero-order chi connectivity index (χ0) is 98.4. The van der Waals surface area contributed by atoms with E-state index in [4.69, 9.17) is 18.9 Å². The second-order valence-electron chi connectivity index (χ2n) is 32.2. The van der Waals surface area contributed by atoms with Crippen molar-refractivity contribution in [1.29, 1.82) is 0 Å². The van der Waals surface area contributed by atoms with Crippen LogP contribution in [-0.2, 0) is 40.1 Å². The summed E-state index contributed by atoms with van der Waals surface area (Å²) in [5.41, 5.74) is 1.67.